The monoisotopic (exact) mass is 345 g/mol. The molecule has 1 heterocycles. The molecule has 1 aromatic rings. The van der Waals surface area contributed by atoms with Crippen molar-refractivity contribution in [2.24, 2.45) is 5.73 Å². The molecule has 130 valence electrons. The number of urea groups is 1. The van der Waals surface area contributed by atoms with E-state index in [-0.39, 0.29) is 5.82 Å². The summed E-state index contributed by atoms with van der Waals surface area (Å²) in [5.74, 6) is 0.804. The number of alkyl halides is 1. The summed E-state index contributed by atoms with van der Waals surface area (Å²) >= 11 is 5.18. The average Bonchev–Trinajstić information content (AvgIpc) is 3.01. The van der Waals surface area contributed by atoms with E-state index in [0.29, 0.717) is 18.3 Å². The van der Waals surface area contributed by atoms with Gasteiger partial charge in [-0.05, 0) is 36.6 Å². The van der Waals surface area contributed by atoms with Crippen molar-refractivity contribution in [1.29, 1.82) is 0 Å². The van der Waals surface area contributed by atoms with Crippen LogP contribution in [0, 0.1) is 5.82 Å². The Morgan fingerprint density at radius 3 is 2.70 bits per heavy atom. The van der Waals surface area contributed by atoms with Gasteiger partial charge < -0.3 is 20.7 Å². The van der Waals surface area contributed by atoms with Crippen molar-refractivity contribution in [3.05, 3.63) is 35.6 Å². The number of amides is 2. The van der Waals surface area contributed by atoms with E-state index in [2.05, 4.69) is 16.0 Å². The van der Waals surface area contributed by atoms with Crippen molar-refractivity contribution in [1.82, 2.24) is 10.2 Å². The van der Waals surface area contributed by atoms with Crippen molar-refractivity contribution in [2.45, 2.75) is 12.3 Å². The van der Waals surface area contributed by atoms with Gasteiger partial charge in [0.05, 0.1) is 6.61 Å². The first-order valence-corrected chi connectivity index (χ1v) is 8.16. The maximum Gasteiger partial charge on any atom is 0.312 e. The Hall–Kier alpha value is -1.37. The van der Waals surface area contributed by atoms with E-state index >= 15 is 0 Å². The van der Waals surface area contributed by atoms with Crippen LogP contribution in [-0.2, 0) is 4.74 Å². The van der Waals surface area contributed by atoms with Gasteiger partial charge in [0, 0.05) is 32.6 Å². The van der Waals surface area contributed by atoms with Gasteiger partial charge in [-0.3, -0.25) is 0 Å². The molecule has 1 fully saturated rings. The third-order valence-electron chi connectivity index (χ3n) is 3.62. The minimum atomic E-state index is -0.527. The number of hydrogen-bond acceptors (Lipinski definition) is 3. The molecule has 1 saturated heterocycles. The second-order valence-corrected chi connectivity index (χ2v) is 5.69. The van der Waals surface area contributed by atoms with E-state index in [1.165, 1.54) is 5.56 Å². The average molecular weight is 346 g/mol. The number of hydrogen-bond donors (Lipinski definition) is 2. The molecule has 1 atom stereocenters. The summed E-state index contributed by atoms with van der Waals surface area (Å²) in [6.07, 6.45) is 1.16. The fourth-order valence-corrected chi connectivity index (χ4v) is 2.53. The van der Waals surface area contributed by atoms with Crippen LogP contribution >= 0.6 is 11.6 Å². The van der Waals surface area contributed by atoms with Gasteiger partial charge in [0.25, 0.3) is 0 Å². The van der Waals surface area contributed by atoms with E-state index in [9.17, 15) is 9.18 Å². The third kappa shape index (κ3) is 8.16. The molecule has 0 aliphatic carbocycles. The van der Waals surface area contributed by atoms with Crippen molar-refractivity contribution in [2.75, 3.05) is 45.8 Å². The lowest BCUT2D eigenvalue weighted by atomic mass is 9.99. The van der Waals surface area contributed by atoms with Crippen molar-refractivity contribution < 1.29 is 13.9 Å². The molecular weight excluding hydrogens is 321 g/mol. The molecule has 0 aromatic heterocycles. The van der Waals surface area contributed by atoms with E-state index in [1.807, 2.05) is 12.1 Å². The number of nitrogens with zero attached hydrogens (tertiary/aromatic N) is 1. The Balaban J connectivity index is 0.000000322. The molecule has 3 N–H and O–H groups in total. The standard InChI is InChI=1S/C13H18FNO.C3H7ClN2O/c1-16-9-8-15-7-6-12(10-15)11-2-4-13(14)5-3-11;4-1-2-6-3(5)7/h2-5,12H,6-10H2,1H3;1-2H2,(H3,5,6,7). The number of carbonyl (C=O) groups is 1. The molecule has 1 unspecified atom stereocenters. The molecule has 2 amide bonds. The number of nitrogens with two attached hydrogens (primary N) is 1. The van der Waals surface area contributed by atoms with Crippen molar-refractivity contribution >= 4 is 17.6 Å². The molecule has 0 radical (unpaired) electrons. The minimum absolute atomic E-state index is 0.155. The first-order chi connectivity index (χ1) is 11.1. The van der Waals surface area contributed by atoms with Crippen LogP contribution in [0.3, 0.4) is 0 Å². The Morgan fingerprint density at radius 1 is 1.48 bits per heavy atom. The van der Waals surface area contributed by atoms with Crippen LogP contribution in [0.2, 0.25) is 0 Å². The van der Waals surface area contributed by atoms with E-state index < -0.39 is 6.03 Å². The molecule has 1 aliphatic rings. The predicted molar refractivity (Wildman–Crippen MR) is 90.4 cm³/mol. The van der Waals surface area contributed by atoms with Crippen molar-refractivity contribution in [3.8, 4) is 0 Å². The summed E-state index contributed by atoms with van der Waals surface area (Å²) < 4.78 is 17.9. The Kier molecular flexibility index (Phi) is 9.59. The van der Waals surface area contributed by atoms with Crippen LogP contribution in [0.4, 0.5) is 9.18 Å². The second-order valence-electron chi connectivity index (χ2n) is 5.31. The molecular formula is C16H25ClFN3O2. The highest BCUT2D eigenvalue weighted by Gasteiger charge is 2.23. The lowest BCUT2D eigenvalue weighted by Crippen LogP contribution is -2.30. The van der Waals surface area contributed by atoms with Gasteiger partial charge >= 0.3 is 6.03 Å². The number of primary amides is 1. The minimum Gasteiger partial charge on any atom is -0.383 e. The largest absolute Gasteiger partial charge is 0.383 e. The molecule has 5 nitrogen and oxygen atoms in total. The number of likely N-dealkylation sites (tertiary alicyclic amines) is 1. The number of ether oxygens (including phenoxy) is 1. The van der Waals surface area contributed by atoms with Gasteiger partial charge in [0.15, 0.2) is 0 Å². The summed E-state index contributed by atoms with van der Waals surface area (Å²) in [5, 5.41) is 2.30. The number of halogens is 2. The van der Waals surface area contributed by atoms with Crippen LogP contribution in [0.15, 0.2) is 24.3 Å². The van der Waals surface area contributed by atoms with Gasteiger partial charge in [-0.1, -0.05) is 12.1 Å². The smallest absolute Gasteiger partial charge is 0.312 e. The number of rotatable bonds is 6. The van der Waals surface area contributed by atoms with Gasteiger partial charge in [-0.15, -0.1) is 11.6 Å². The molecule has 0 spiro atoms. The van der Waals surface area contributed by atoms with Gasteiger partial charge in [0.2, 0.25) is 0 Å². The Labute approximate surface area is 141 Å². The normalized spacial score (nSPS) is 17.4. The van der Waals surface area contributed by atoms with Crippen molar-refractivity contribution in [3.63, 3.8) is 0 Å². The lowest BCUT2D eigenvalue weighted by Gasteiger charge is -2.15. The molecule has 0 bridgehead atoms. The number of methoxy groups -OCH3 is 1. The van der Waals surface area contributed by atoms with Crippen LogP contribution in [0.5, 0.6) is 0 Å². The van der Waals surface area contributed by atoms with Gasteiger partial charge in [-0.25, -0.2) is 9.18 Å². The number of benzene rings is 1. The third-order valence-corrected chi connectivity index (χ3v) is 3.81. The number of carbonyl (C=O) groups excluding carboxylic acids is 1. The van der Waals surface area contributed by atoms with Gasteiger partial charge in [-0.2, -0.15) is 0 Å². The molecule has 23 heavy (non-hydrogen) atoms. The van der Waals surface area contributed by atoms with Crippen LogP contribution in [-0.4, -0.2) is 56.7 Å². The van der Waals surface area contributed by atoms with Crippen LogP contribution < -0.4 is 11.1 Å². The maximum atomic E-state index is 12.8. The molecule has 1 aromatic carbocycles. The summed E-state index contributed by atoms with van der Waals surface area (Å²) in [7, 11) is 1.73. The van der Waals surface area contributed by atoms with E-state index in [4.69, 9.17) is 16.3 Å². The highest BCUT2D eigenvalue weighted by molar-refractivity contribution is 6.18. The summed E-state index contributed by atoms with van der Waals surface area (Å²) in [4.78, 5) is 12.2. The Bertz CT molecular complexity index is 459. The predicted octanol–water partition coefficient (Wildman–Crippen LogP) is 2.15. The SMILES string of the molecule is COCCN1CCC(c2ccc(F)cc2)C1.NC(=O)NCCCl. The van der Waals surface area contributed by atoms with Crippen LogP contribution in [0.25, 0.3) is 0 Å². The highest BCUT2D eigenvalue weighted by atomic mass is 35.5. The molecule has 1 aliphatic heterocycles. The van der Waals surface area contributed by atoms with Gasteiger partial charge in [0.1, 0.15) is 5.82 Å². The maximum absolute atomic E-state index is 12.8. The lowest BCUT2D eigenvalue weighted by molar-refractivity contribution is 0.160. The zero-order chi connectivity index (χ0) is 17.1. The molecule has 0 saturated carbocycles. The molecule has 2 rings (SSSR count). The second kappa shape index (κ2) is 11.2. The summed E-state index contributed by atoms with van der Waals surface area (Å²) in [6.45, 7) is 4.40. The zero-order valence-corrected chi connectivity index (χ0v) is 14.2. The summed E-state index contributed by atoms with van der Waals surface area (Å²) in [5.41, 5.74) is 5.92. The van der Waals surface area contributed by atoms with E-state index in [0.717, 1.165) is 32.7 Å². The first-order valence-electron chi connectivity index (χ1n) is 7.62. The topological polar surface area (TPSA) is 67.6 Å². The fourth-order valence-electron chi connectivity index (χ4n) is 2.43. The summed E-state index contributed by atoms with van der Waals surface area (Å²) in [6, 6.07) is 6.38. The first kappa shape index (κ1) is 19.7. The molecule has 7 heteroatoms. The zero-order valence-electron chi connectivity index (χ0n) is 13.4. The van der Waals surface area contributed by atoms with E-state index in [1.54, 1.807) is 19.2 Å². The highest BCUT2D eigenvalue weighted by Crippen LogP contribution is 2.26. The van der Waals surface area contributed by atoms with Crippen LogP contribution in [0.1, 0.15) is 17.9 Å². The number of nitrogens with one attached hydrogen (secondary N) is 1. The quantitative estimate of drug-likeness (QED) is 0.776. The Morgan fingerprint density at radius 2 is 2.17 bits per heavy atom. The fraction of sp³-hybridized carbons (Fsp3) is 0.562.